The molecule has 0 unspecified atom stereocenters. The number of carboxylic acid groups (broad SMARTS) is 1. The molecule has 0 atom stereocenters. The lowest BCUT2D eigenvalue weighted by Crippen LogP contribution is -2.23. The monoisotopic (exact) mass is 369 g/mol. The number of benzene rings is 1. The van der Waals surface area contributed by atoms with Gasteiger partial charge in [0.1, 0.15) is 5.15 Å². The van der Waals surface area contributed by atoms with Crippen LogP contribution in [0.25, 0.3) is 11.4 Å². The van der Waals surface area contributed by atoms with Crippen LogP contribution in [0.1, 0.15) is 21.5 Å². The first-order valence-electron chi connectivity index (χ1n) is 5.93. The Bertz CT molecular complexity index is 772. The van der Waals surface area contributed by atoms with Crippen molar-refractivity contribution >= 4 is 17.6 Å². The lowest BCUT2D eigenvalue weighted by Gasteiger charge is -2.14. The Morgan fingerprint density at radius 1 is 1.00 bits per heavy atom. The molecule has 0 fully saturated rings. The van der Waals surface area contributed by atoms with E-state index >= 15 is 0 Å². The first-order chi connectivity index (χ1) is 10.9. The van der Waals surface area contributed by atoms with Crippen LogP contribution in [-0.2, 0) is 12.4 Å². The Hall–Kier alpha value is -2.36. The van der Waals surface area contributed by atoms with E-state index in [0.29, 0.717) is 18.3 Å². The molecule has 0 aliphatic carbocycles. The van der Waals surface area contributed by atoms with Gasteiger partial charge >= 0.3 is 12.4 Å². The first kappa shape index (κ1) is 18.0. The molecule has 128 valence electrons. The van der Waals surface area contributed by atoms with Gasteiger partial charge in [0.15, 0.2) is 5.82 Å². The summed E-state index contributed by atoms with van der Waals surface area (Å²) < 4.78 is 76.7. The third-order valence-corrected chi connectivity index (χ3v) is 3.10. The molecule has 0 N–H and O–H groups in total. The molecule has 0 radical (unpaired) electrons. The largest absolute Gasteiger partial charge is 0.545 e. The number of aromatic nitrogens is 2. The maximum atomic E-state index is 12.8. The van der Waals surface area contributed by atoms with Gasteiger partial charge in [-0.2, -0.15) is 26.3 Å². The van der Waals surface area contributed by atoms with Crippen LogP contribution < -0.4 is 5.11 Å². The number of halogens is 7. The summed E-state index contributed by atoms with van der Waals surface area (Å²) in [5.74, 6) is -2.34. The molecule has 2 aromatic rings. The zero-order chi connectivity index (χ0) is 18.3. The summed E-state index contributed by atoms with van der Waals surface area (Å²) in [7, 11) is 0. The summed E-state index contributed by atoms with van der Waals surface area (Å²) in [6, 6.07) is 0.750. The Morgan fingerprint density at radius 3 is 1.88 bits per heavy atom. The van der Waals surface area contributed by atoms with Crippen LogP contribution >= 0.6 is 11.6 Å². The maximum Gasteiger partial charge on any atom is 0.416 e. The molecule has 11 heteroatoms. The number of nitrogens with zero attached hydrogens (tertiary/aromatic N) is 2. The Kier molecular flexibility index (Phi) is 4.44. The molecule has 0 saturated heterocycles. The Labute approximate surface area is 134 Å². The van der Waals surface area contributed by atoms with E-state index in [1.807, 2.05) is 0 Å². The van der Waals surface area contributed by atoms with Crippen molar-refractivity contribution in [2.24, 2.45) is 0 Å². The number of hydrogen-bond acceptors (Lipinski definition) is 4. The highest BCUT2D eigenvalue weighted by Crippen LogP contribution is 2.38. The molecule has 4 nitrogen and oxygen atoms in total. The number of hydrogen-bond donors (Lipinski definition) is 0. The van der Waals surface area contributed by atoms with Crippen LogP contribution in [-0.4, -0.2) is 15.9 Å². The SMILES string of the molecule is O=C([O-])c1cnc(-c2cc(C(F)(F)F)cc(C(F)(F)F)c2)nc1Cl. The minimum absolute atomic E-state index is 0.0549. The third kappa shape index (κ3) is 3.75. The number of rotatable bonds is 2. The van der Waals surface area contributed by atoms with Gasteiger partial charge in [-0.1, -0.05) is 11.6 Å². The lowest BCUT2D eigenvalue weighted by atomic mass is 10.0. The van der Waals surface area contributed by atoms with Gasteiger partial charge in [-0.3, -0.25) is 0 Å². The fourth-order valence-corrected chi connectivity index (χ4v) is 1.93. The van der Waals surface area contributed by atoms with Crippen LogP contribution in [0.15, 0.2) is 24.4 Å². The summed E-state index contributed by atoms with van der Waals surface area (Å²) in [5, 5.41) is 9.99. The van der Waals surface area contributed by atoms with Gasteiger partial charge in [0.2, 0.25) is 0 Å². The molecular formula is C13H4ClF6N2O2-. The van der Waals surface area contributed by atoms with E-state index < -0.39 is 51.6 Å². The van der Waals surface area contributed by atoms with E-state index in [9.17, 15) is 36.2 Å². The van der Waals surface area contributed by atoms with Crippen molar-refractivity contribution in [1.82, 2.24) is 9.97 Å². The molecule has 0 spiro atoms. The van der Waals surface area contributed by atoms with Gasteiger partial charge in [-0.25, -0.2) is 9.97 Å². The van der Waals surface area contributed by atoms with Crippen LogP contribution in [0.2, 0.25) is 5.15 Å². The van der Waals surface area contributed by atoms with E-state index in [1.54, 1.807) is 0 Å². The van der Waals surface area contributed by atoms with E-state index in [0.717, 1.165) is 0 Å². The molecular weight excluding hydrogens is 366 g/mol. The van der Waals surface area contributed by atoms with E-state index in [4.69, 9.17) is 11.6 Å². The van der Waals surface area contributed by atoms with Gasteiger partial charge in [0, 0.05) is 11.8 Å². The highest BCUT2D eigenvalue weighted by atomic mass is 35.5. The summed E-state index contributed by atoms with van der Waals surface area (Å²) in [6.45, 7) is 0. The van der Waals surface area contributed by atoms with Crippen molar-refractivity contribution in [1.29, 1.82) is 0 Å². The summed E-state index contributed by atoms with van der Waals surface area (Å²) in [4.78, 5) is 17.5. The van der Waals surface area contributed by atoms with Crippen molar-refractivity contribution < 1.29 is 36.2 Å². The van der Waals surface area contributed by atoms with Gasteiger partial charge < -0.3 is 9.90 Å². The molecule has 0 amide bonds. The molecule has 0 saturated carbocycles. The Balaban J connectivity index is 2.66. The minimum atomic E-state index is -5.04. The second kappa shape index (κ2) is 5.93. The van der Waals surface area contributed by atoms with E-state index in [-0.39, 0.29) is 6.07 Å². The van der Waals surface area contributed by atoms with Gasteiger partial charge in [0.25, 0.3) is 0 Å². The number of aromatic carboxylic acids is 1. The third-order valence-electron chi connectivity index (χ3n) is 2.81. The van der Waals surface area contributed by atoms with Crippen molar-refractivity contribution in [3.8, 4) is 11.4 Å². The second-order valence-corrected chi connectivity index (χ2v) is 4.84. The number of carboxylic acids is 1. The molecule has 1 aromatic heterocycles. The highest BCUT2D eigenvalue weighted by Gasteiger charge is 2.37. The number of carbonyl (C=O) groups excluding carboxylic acids is 1. The summed E-state index contributed by atoms with van der Waals surface area (Å²) >= 11 is 5.52. The molecule has 24 heavy (non-hydrogen) atoms. The van der Waals surface area contributed by atoms with Crippen molar-refractivity contribution in [3.63, 3.8) is 0 Å². The van der Waals surface area contributed by atoms with Gasteiger partial charge in [-0.05, 0) is 18.2 Å². The molecule has 0 bridgehead atoms. The van der Waals surface area contributed by atoms with E-state index in [2.05, 4.69) is 9.97 Å². The zero-order valence-electron chi connectivity index (χ0n) is 11.2. The van der Waals surface area contributed by atoms with Crippen LogP contribution in [0.4, 0.5) is 26.3 Å². The first-order valence-corrected chi connectivity index (χ1v) is 6.31. The average molecular weight is 370 g/mol. The molecule has 1 heterocycles. The predicted molar refractivity (Wildman–Crippen MR) is 66.8 cm³/mol. The van der Waals surface area contributed by atoms with Crippen molar-refractivity contribution in [3.05, 3.63) is 46.2 Å². The highest BCUT2D eigenvalue weighted by molar-refractivity contribution is 6.32. The molecule has 2 rings (SSSR count). The fraction of sp³-hybridized carbons (Fsp3) is 0.154. The van der Waals surface area contributed by atoms with Crippen molar-refractivity contribution in [2.45, 2.75) is 12.4 Å². The van der Waals surface area contributed by atoms with Gasteiger partial charge in [-0.15, -0.1) is 0 Å². The number of carbonyl (C=O) groups is 1. The minimum Gasteiger partial charge on any atom is -0.545 e. The van der Waals surface area contributed by atoms with Crippen LogP contribution in [0.3, 0.4) is 0 Å². The zero-order valence-corrected chi connectivity index (χ0v) is 11.9. The smallest absolute Gasteiger partial charge is 0.416 e. The van der Waals surface area contributed by atoms with Crippen molar-refractivity contribution in [2.75, 3.05) is 0 Å². The molecule has 0 aliphatic rings. The lowest BCUT2D eigenvalue weighted by molar-refractivity contribution is -0.255. The second-order valence-electron chi connectivity index (χ2n) is 4.48. The number of alkyl halides is 6. The van der Waals surface area contributed by atoms with Crippen LogP contribution in [0.5, 0.6) is 0 Å². The van der Waals surface area contributed by atoms with E-state index in [1.165, 1.54) is 0 Å². The predicted octanol–water partition coefficient (Wildman–Crippen LogP) is 3.20. The molecule has 0 aliphatic heterocycles. The van der Waals surface area contributed by atoms with Gasteiger partial charge in [0.05, 0.1) is 22.7 Å². The fourth-order valence-electron chi connectivity index (χ4n) is 1.72. The topological polar surface area (TPSA) is 65.9 Å². The molecule has 1 aromatic carbocycles. The average Bonchev–Trinajstić information content (AvgIpc) is 2.44. The summed E-state index contributed by atoms with van der Waals surface area (Å²) in [6.07, 6.45) is -9.44. The van der Waals surface area contributed by atoms with Crippen LogP contribution in [0, 0.1) is 0 Å². The summed E-state index contributed by atoms with van der Waals surface area (Å²) in [5.41, 5.74) is -4.39. The quantitative estimate of drug-likeness (QED) is 0.602. The Morgan fingerprint density at radius 2 is 1.50 bits per heavy atom. The maximum absolute atomic E-state index is 12.8. The normalized spacial score (nSPS) is 12.3. The standard InChI is InChI=1S/C13H5ClF6N2O2/c14-9-8(11(23)24)4-21-10(22-9)5-1-6(12(15,16)17)3-7(2-5)13(18,19)20/h1-4H,(H,23,24)/p-1.